The topological polar surface area (TPSA) is 57.1 Å². The van der Waals surface area contributed by atoms with Gasteiger partial charge in [-0.2, -0.15) is 4.99 Å². The third kappa shape index (κ3) is 4.23. The lowest BCUT2D eigenvalue weighted by Gasteiger charge is -2.30. The zero-order valence-corrected chi connectivity index (χ0v) is 10.8. The third-order valence-corrected chi connectivity index (χ3v) is 5.02. The molecule has 0 heterocycles. The molecule has 0 radical (unpaired) electrons. The van der Waals surface area contributed by atoms with Crippen LogP contribution in [0.25, 0.3) is 0 Å². The molecule has 15 heavy (non-hydrogen) atoms. The summed E-state index contributed by atoms with van der Waals surface area (Å²) < 4.78 is 16.6. The number of isocyanates is 1. The van der Waals surface area contributed by atoms with E-state index in [2.05, 4.69) is 4.99 Å². The van der Waals surface area contributed by atoms with E-state index in [1.807, 2.05) is 20.8 Å². The summed E-state index contributed by atoms with van der Waals surface area (Å²) in [5.74, 6) is 0. The maximum absolute atomic E-state index is 10.2. The van der Waals surface area contributed by atoms with Crippen LogP contribution in [0.1, 0.15) is 27.7 Å². The highest BCUT2D eigenvalue weighted by atomic mass is 28.4. The Bertz CT molecular complexity index is 201. The van der Waals surface area contributed by atoms with E-state index in [0.29, 0.717) is 19.8 Å². The van der Waals surface area contributed by atoms with Crippen molar-refractivity contribution in [3.63, 3.8) is 0 Å². The van der Waals surface area contributed by atoms with E-state index >= 15 is 0 Å². The summed E-state index contributed by atoms with van der Waals surface area (Å²) in [7, 11) is -2.85. The van der Waals surface area contributed by atoms with Gasteiger partial charge in [-0.25, -0.2) is 4.79 Å². The van der Waals surface area contributed by atoms with Gasteiger partial charge in [0.2, 0.25) is 6.08 Å². The van der Waals surface area contributed by atoms with Gasteiger partial charge in [0.15, 0.2) is 0 Å². The van der Waals surface area contributed by atoms with Crippen molar-refractivity contribution in [2.24, 2.45) is 4.99 Å². The molecule has 0 amide bonds. The highest BCUT2D eigenvalue weighted by molar-refractivity contribution is 6.62. The zero-order valence-electron chi connectivity index (χ0n) is 9.78. The van der Waals surface area contributed by atoms with Crippen LogP contribution < -0.4 is 0 Å². The number of rotatable bonds is 8. The molecule has 5 nitrogen and oxygen atoms in total. The van der Waals surface area contributed by atoms with E-state index in [1.165, 1.54) is 6.08 Å². The van der Waals surface area contributed by atoms with Gasteiger partial charge in [0.1, 0.15) is 5.67 Å². The summed E-state index contributed by atoms with van der Waals surface area (Å²) in [6.07, 6.45) is 1.52. The van der Waals surface area contributed by atoms with E-state index in [9.17, 15) is 4.79 Å². The second-order valence-electron chi connectivity index (χ2n) is 2.80. The molecule has 6 heteroatoms. The Kier molecular flexibility index (Phi) is 7.46. The Morgan fingerprint density at radius 1 is 1.13 bits per heavy atom. The lowest BCUT2D eigenvalue weighted by atomic mass is 10.8. The maximum atomic E-state index is 10.2. The molecular formula is C9H19NO4Si. The molecule has 0 aromatic heterocycles. The van der Waals surface area contributed by atoms with E-state index in [0.717, 1.165) is 0 Å². The van der Waals surface area contributed by atoms with E-state index in [4.69, 9.17) is 13.3 Å². The third-order valence-electron chi connectivity index (χ3n) is 1.79. The predicted octanol–water partition coefficient (Wildman–Crippen LogP) is 1.30. The molecule has 0 aliphatic rings. The number of nitrogens with zero attached hydrogens (tertiary/aromatic N) is 1. The van der Waals surface area contributed by atoms with Crippen LogP contribution in [0.15, 0.2) is 4.99 Å². The number of carbonyl (C=O) groups excluding carboxylic acids is 1. The largest absolute Gasteiger partial charge is 0.527 e. The molecule has 0 saturated carbocycles. The normalized spacial score (nSPS) is 13.3. The van der Waals surface area contributed by atoms with Crippen LogP contribution >= 0.6 is 0 Å². The molecule has 1 unspecified atom stereocenters. The van der Waals surface area contributed by atoms with Crippen molar-refractivity contribution in [1.29, 1.82) is 0 Å². The average Bonchev–Trinajstić information content (AvgIpc) is 2.19. The smallest absolute Gasteiger partial charge is 0.372 e. The first kappa shape index (κ1) is 14.5. The second-order valence-corrected chi connectivity index (χ2v) is 5.71. The monoisotopic (exact) mass is 233 g/mol. The Morgan fingerprint density at radius 3 is 1.80 bits per heavy atom. The van der Waals surface area contributed by atoms with Crippen molar-refractivity contribution >= 4 is 14.9 Å². The highest BCUT2D eigenvalue weighted by Gasteiger charge is 2.47. The minimum atomic E-state index is -2.85. The summed E-state index contributed by atoms with van der Waals surface area (Å²) in [4.78, 5) is 13.9. The fourth-order valence-electron chi connectivity index (χ4n) is 1.25. The fraction of sp³-hybridized carbons (Fsp3) is 0.889. The first-order chi connectivity index (χ1) is 7.16. The minimum absolute atomic E-state index is 0.408. The summed E-state index contributed by atoms with van der Waals surface area (Å²) in [6.45, 7) is 8.75. The van der Waals surface area contributed by atoms with Crippen molar-refractivity contribution in [3.05, 3.63) is 0 Å². The Morgan fingerprint density at radius 2 is 1.53 bits per heavy atom. The Labute approximate surface area is 91.8 Å². The van der Waals surface area contributed by atoms with Crippen LogP contribution in [0.3, 0.4) is 0 Å². The highest BCUT2D eigenvalue weighted by Crippen LogP contribution is 2.17. The van der Waals surface area contributed by atoms with Crippen LogP contribution in [0, 0.1) is 0 Å². The van der Waals surface area contributed by atoms with E-state index in [-0.39, 0.29) is 0 Å². The first-order valence-electron chi connectivity index (χ1n) is 5.15. The summed E-state index contributed by atoms with van der Waals surface area (Å²) in [5.41, 5.74) is -0.408. The molecule has 0 aromatic rings. The molecule has 88 valence electrons. The van der Waals surface area contributed by atoms with Crippen molar-refractivity contribution in [3.8, 4) is 0 Å². The molecule has 1 atom stereocenters. The molecule has 0 saturated heterocycles. The quantitative estimate of drug-likeness (QED) is 0.360. The van der Waals surface area contributed by atoms with Crippen LogP contribution in [-0.2, 0) is 18.1 Å². The van der Waals surface area contributed by atoms with E-state index < -0.39 is 14.5 Å². The second kappa shape index (κ2) is 7.73. The summed E-state index contributed by atoms with van der Waals surface area (Å²) >= 11 is 0. The number of hydrogen-bond acceptors (Lipinski definition) is 5. The first-order valence-corrected chi connectivity index (χ1v) is 6.95. The number of aliphatic imine (C=N–C) groups is 1. The lowest BCUT2D eigenvalue weighted by Crippen LogP contribution is -2.54. The van der Waals surface area contributed by atoms with Crippen LogP contribution in [0.4, 0.5) is 0 Å². The van der Waals surface area contributed by atoms with Crippen LogP contribution in [0.5, 0.6) is 0 Å². The molecule has 0 fully saturated rings. The van der Waals surface area contributed by atoms with Gasteiger partial charge in [-0.1, -0.05) is 0 Å². The number of hydrogen-bond donors (Lipinski definition) is 0. The molecule has 0 aliphatic carbocycles. The van der Waals surface area contributed by atoms with Gasteiger partial charge in [0, 0.05) is 19.8 Å². The molecule has 0 aliphatic heterocycles. The van der Waals surface area contributed by atoms with Gasteiger partial charge < -0.3 is 13.3 Å². The van der Waals surface area contributed by atoms with Crippen molar-refractivity contribution < 1.29 is 18.1 Å². The van der Waals surface area contributed by atoms with Crippen LogP contribution in [-0.4, -0.2) is 40.4 Å². The average molecular weight is 233 g/mol. The molecule has 0 aromatic carbocycles. The SMILES string of the molecule is CCO[Si](OCC)(OCC)C(C)N=C=O. The predicted molar refractivity (Wildman–Crippen MR) is 58.2 cm³/mol. The van der Waals surface area contributed by atoms with Gasteiger partial charge >= 0.3 is 8.80 Å². The molecule has 0 spiro atoms. The zero-order chi connectivity index (χ0) is 11.7. The molecule has 0 bridgehead atoms. The Balaban J connectivity index is 4.80. The lowest BCUT2D eigenvalue weighted by molar-refractivity contribution is 0.0642. The van der Waals surface area contributed by atoms with Gasteiger partial charge in [-0.05, 0) is 27.7 Å². The Hall–Kier alpha value is -0.523. The van der Waals surface area contributed by atoms with Gasteiger partial charge in [0.25, 0.3) is 0 Å². The molecular weight excluding hydrogens is 214 g/mol. The molecule has 0 rings (SSSR count). The van der Waals surface area contributed by atoms with Crippen molar-refractivity contribution in [1.82, 2.24) is 0 Å². The molecule has 0 N–H and O–H groups in total. The van der Waals surface area contributed by atoms with Gasteiger partial charge in [0.05, 0.1) is 0 Å². The minimum Gasteiger partial charge on any atom is -0.372 e. The summed E-state index contributed by atoms with van der Waals surface area (Å²) in [6, 6.07) is 0. The van der Waals surface area contributed by atoms with Crippen LogP contribution in [0.2, 0.25) is 0 Å². The van der Waals surface area contributed by atoms with Crippen molar-refractivity contribution in [2.45, 2.75) is 33.4 Å². The van der Waals surface area contributed by atoms with Gasteiger partial charge in [-0.3, -0.25) is 0 Å². The fourth-order valence-corrected chi connectivity index (χ4v) is 3.64. The van der Waals surface area contributed by atoms with E-state index in [1.54, 1.807) is 6.92 Å². The summed E-state index contributed by atoms with van der Waals surface area (Å²) in [5, 5.41) is 0. The van der Waals surface area contributed by atoms with Gasteiger partial charge in [-0.15, -0.1) is 0 Å². The van der Waals surface area contributed by atoms with Crippen molar-refractivity contribution in [2.75, 3.05) is 19.8 Å². The standard InChI is InChI=1S/C9H19NO4Si/c1-5-12-15(13-6-2,14-7-3)9(4)10-8-11/h9H,5-7H2,1-4H3. The maximum Gasteiger partial charge on any atom is 0.527 e.